The van der Waals surface area contributed by atoms with E-state index in [0.29, 0.717) is 21.2 Å². The summed E-state index contributed by atoms with van der Waals surface area (Å²) >= 11 is 5.89. The molecule has 3 aromatic rings. The fourth-order valence-electron chi connectivity index (χ4n) is 2.49. The van der Waals surface area contributed by atoms with Crippen molar-refractivity contribution in [2.75, 3.05) is 0 Å². The topological polar surface area (TPSA) is 37.3 Å². The van der Waals surface area contributed by atoms with E-state index >= 15 is 0 Å². The van der Waals surface area contributed by atoms with Crippen molar-refractivity contribution in [2.24, 2.45) is 0 Å². The number of carbonyl (C=O) groups is 1. The predicted molar refractivity (Wildman–Crippen MR) is 78.4 cm³/mol. The first kappa shape index (κ1) is 14.7. The molecule has 0 saturated carbocycles. The van der Waals surface area contributed by atoms with Gasteiger partial charge in [0.15, 0.2) is 0 Å². The number of halogens is 4. The Kier molecular flexibility index (Phi) is 3.25. The highest BCUT2D eigenvalue weighted by molar-refractivity contribution is 6.32. The van der Waals surface area contributed by atoms with Gasteiger partial charge in [-0.25, -0.2) is 4.79 Å². The molecule has 0 aliphatic heterocycles. The Balaban J connectivity index is 2.45. The zero-order valence-corrected chi connectivity index (χ0v) is 11.7. The Morgan fingerprint density at radius 3 is 2.27 bits per heavy atom. The van der Waals surface area contributed by atoms with E-state index in [1.54, 1.807) is 12.1 Å². The first-order chi connectivity index (χ1) is 10.3. The molecule has 2 nitrogen and oxygen atoms in total. The minimum Gasteiger partial charge on any atom is -0.478 e. The van der Waals surface area contributed by atoms with Crippen LogP contribution in [0.1, 0.15) is 15.9 Å². The molecular weight excluding hydrogens is 317 g/mol. The van der Waals surface area contributed by atoms with E-state index in [2.05, 4.69) is 0 Å². The highest BCUT2D eigenvalue weighted by Gasteiger charge is 2.30. The van der Waals surface area contributed by atoms with Crippen LogP contribution in [0.3, 0.4) is 0 Å². The van der Waals surface area contributed by atoms with Gasteiger partial charge in [0.05, 0.1) is 11.1 Å². The van der Waals surface area contributed by atoms with Gasteiger partial charge in [-0.1, -0.05) is 23.7 Å². The van der Waals surface area contributed by atoms with Crippen LogP contribution in [0.15, 0.2) is 42.5 Å². The molecule has 0 spiro atoms. The van der Waals surface area contributed by atoms with Crippen LogP contribution >= 0.6 is 11.6 Å². The van der Waals surface area contributed by atoms with E-state index in [1.807, 2.05) is 0 Å². The third kappa shape index (κ3) is 2.37. The lowest BCUT2D eigenvalue weighted by atomic mass is 9.96. The molecule has 3 aromatic carbocycles. The second-order valence-corrected chi connectivity index (χ2v) is 5.29. The molecule has 0 radical (unpaired) electrons. The van der Waals surface area contributed by atoms with Gasteiger partial charge < -0.3 is 5.11 Å². The molecular formula is C16H8ClF3O2. The van der Waals surface area contributed by atoms with Gasteiger partial charge in [-0.05, 0) is 51.9 Å². The standard InChI is InChI=1S/C16H8ClF3O2/c17-10-2-4-12-11-3-1-9(16(18,19)20)5-8(11)6-14(15(21)22)13(12)7-10/h1-7H,(H,21,22). The van der Waals surface area contributed by atoms with Crippen LogP contribution in [0.5, 0.6) is 0 Å². The van der Waals surface area contributed by atoms with Gasteiger partial charge in [0.25, 0.3) is 0 Å². The minimum atomic E-state index is -4.48. The number of alkyl halides is 3. The predicted octanol–water partition coefficient (Wildman–Crippen LogP) is 5.36. The van der Waals surface area contributed by atoms with Crippen LogP contribution in [-0.2, 0) is 6.18 Å². The van der Waals surface area contributed by atoms with Crippen LogP contribution in [0.2, 0.25) is 5.02 Å². The van der Waals surface area contributed by atoms with Gasteiger partial charge in [0.2, 0.25) is 0 Å². The smallest absolute Gasteiger partial charge is 0.416 e. The van der Waals surface area contributed by atoms with Gasteiger partial charge in [-0.2, -0.15) is 13.2 Å². The van der Waals surface area contributed by atoms with E-state index < -0.39 is 17.7 Å². The Labute approximate surface area is 127 Å². The van der Waals surface area contributed by atoms with Gasteiger partial charge in [-0.3, -0.25) is 0 Å². The van der Waals surface area contributed by atoms with E-state index in [0.717, 1.165) is 12.1 Å². The Morgan fingerprint density at radius 2 is 1.64 bits per heavy atom. The lowest BCUT2D eigenvalue weighted by Crippen LogP contribution is -2.05. The molecule has 0 aromatic heterocycles. The third-order valence-corrected chi connectivity index (χ3v) is 3.71. The number of carboxylic acid groups (broad SMARTS) is 1. The van der Waals surface area contributed by atoms with Crippen LogP contribution in [0, 0.1) is 0 Å². The number of aromatic carboxylic acids is 1. The van der Waals surface area contributed by atoms with Gasteiger partial charge in [0, 0.05) is 5.02 Å². The molecule has 0 atom stereocenters. The normalized spacial score (nSPS) is 12.0. The van der Waals surface area contributed by atoms with Crippen LogP contribution in [0.4, 0.5) is 13.2 Å². The summed E-state index contributed by atoms with van der Waals surface area (Å²) in [6.07, 6.45) is -4.48. The van der Waals surface area contributed by atoms with Crippen molar-refractivity contribution in [1.29, 1.82) is 0 Å². The summed E-state index contributed by atoms with van der Waals surface area (Å²) < 4.78 is 38.4. The molecule has 0 heterocycles. The van der Waals surface area contributed by atoms with E-state index in [9.17, 15) is 23.1 Å². The number of fused-ring (bicyclic) bond motifs is 3. The fraction of sp³-hybridized carbons (Fsp3) is 0.0625. The fourth-order valence-corrected chi connectivity index (χ4v) is 2.66. The molecule has 0 bridgehead atoms. The maximum atomic E-state index is 12.8. The van der Waals surface area contributed by atoms with Crippen molar-refractivity contribution >= 4 is 39.1 Å². The summed E-state index contributed by atoms with van der Waals surface area (Å²) in [6, 6.07) is 9.21. The summed E-state index contributed by atoms with van der Waals surface area (Å²) in [7, 11) is 0. The highest BCUT2D eigenvalue weighted by Crippen LogP contribution is 2.35. The molecule has 1 N–H and O–H groups in total. The number of rotatable bonds is 1. The van der Waals surface area contributed by atoms with Crippen molar-refractivity contribution in [3.05, 3.63) is 58.6 Å². The van der Waals surface area contributed by atoms with E-state index in [4.69, 9.17) is 11.6 Å². The summed E-state index contributed by atoms with van der Waals surface area (Å²) in [6.45, 7) is 0. The Bertz CT molecular complexity index is 917. The summed E-state index contributed by atoms with van der Waals surface area (Å²) in [5.74, 6) is -1.22. The van der Waals surface area contributed by atoms with Crippen molar-refractivity contribution in [2.45, 2.75) is 6.18 Å². The van der Waals surface area contributed by atoms with Crippen molar-refractivity contribution < 1.29 is 23.1 Å². The van der Waals surface area contributed by atoms with E-state index in [1.165, 1.54) is 18.2 Å². The third-order valence-electron chi connectivity index (χ3n) is 3.47. The number of benzene rings is 3. The summed E-state index contributed by atoms with van der Waals surface area (Å²) in [4.78, 5) is 11.4. The number of carboxylic acids is 1. The second kappa shape index (κ2) is 4.88. The average molecular weight is 325 g/mol. The molecule has 0 aliphatic carbocycles. The number of hydrogen-bond donors (Lipinski definition) is 1. The maximum Gasteiger partial charge on any atom is 0.416 e. The van der Waals surface area contributed by atoms with Crippen LogP contribution in [-0.4, -0.2) is 11.1 Å². The largest absolute Gasteiger partial charge is 0.478 e. The molecule has 0 fully saturated rings. The molecule has 22 heavy (non-hydrogen) atoms. The van der Waals surface area contributed by atoms with Crippen LogP contribution in [0.25, 0.3) is 21.5 Å². The molecule has 0 saturated heterocycles. The zero-order valence-electron chi connectivity index (χ0n) is 10.9. The first-order valence-electron chi connectivity index (χ1n) is 6.24. The van der Waals surface area contributed by atoms with Gasteiger partial charge in [0.1, 0.15) is 0 Å². The van der Waals surface area contributed by atoms with Gasteiger partial charge in [-0.15, -0.1) is 0 Å². The van der Waals surface area contributed by atoms with Crippen molar-refractivity contribution in [3.63, 3.8) is 0 Å². The molecule has 6 heteroatoms. The maximum absolute atomic E-state index is 12.8. The highest BCUT2D eigenvalue weighted by atomic mass is 35.5. The molecule has 112 valence electrons. The zero-order chi connectivity index (χ0) is 16.1. The lowest BCUT2D eigenvalue weighted by molar-refractivity contribution is -0.137. The first-order valence-corrected chi connectivity index (χ1v) is 6.62. The second-order valence-electron chi connectivity index (χ2n) is 4.85. The van der Waals surface area contributed by atoms with E-state index in [-0.39, 0.29) is 10.9 Å². The SMILES string of the molecule is O=C(O)c1cc2cc(C(F)(F)F)ccc2c2ccc(Cl)cc12. The molecule has 3 rings (SSSR count). The van der Waals surface area contributed by atoms with Crippen molar-refractivity contribution in [3.8, 4) is 0 Å². The average Bonchev–Trinajstić information content (AvgIpc) is 2.44. The Morgan fingerprint density at radius 1 is 0.955 bits per heavy atom. The van der Waals surface area contributed by atoms with Crippen LogP contribution < -0.4 is 0 Å². The summed E-state index contributed by atoms with van der Waals surface area (Å²) in [5, 5.41) is 11.4. The monoisotopic (exact) mass is 324 g/mol. The summed E-state index contributed by atoms with van der Waals surface area (Å²) in [5.41, 5.74) is -0.894. The Hall–Kier alpha value is -2.27. The molecule has 0 aliphatic rings. The van der Waals surface area contributed by atoms with Gasteiger partial charge >= 0.3 is 12.1 Å². The van der Waals surface area contributed by atoms with Crippen molar-refractivity contribution in [1.82, 2.24) is 0 Å². The quantitative estimate of drug-likeness (QED) is 0.611. The minimum absolute atomic E-state index is 0.0793. The lowest BCUT2D eigenvalue weighted by Gasteiger charge is -2.11. The molecule has 0 amide bonds. The number of hydrogen-bond acceptors (Lipinski definition) is 1. The molecule has 0 unspecified atom stereocenters.